The van der Waals surface area contributed by atoms with Gasteiger partial charge in [-0.15, -0.1) is 0 Å². The first kappa shape index (κ1) is 16.5. The van der Waals surface area contributed by atoms with E-state index >= 15 is 0 Å². The molecule has 0 aromatic carbocycles. The Balaban J connectivity index is 1.62. The molecule has 5 nitrogen and oxygen atoms in total. The molecule has 5 heteroatoms. The summed E-state index contributed by atoms with van der Waals surface area (Å²) in [6.07, 6.45) is 5.52. The summed E-state index contributed by atoms with van der Waals surface area (Å²) in [6.45, 7) is 8.38. The van der Waals surface area contributed by atoms with E-state index in [9.17, 15) is 4.79 Å². The van der Waals surface area contributed by atoms with E-state index in [1.165, 1.54) is 25.0 Å². The summed E-state index contributed by atoms with van der Waals surface area (Å²) in [7, 11) is 0. The highest BCUT2D eigenvalue weighted by atomic mass is 16.5. The highest BCUT2D eigenvalue weighted by molar-refractivity contribution is 5.81. The Morgan fingerprint density at radius 3 is 2.78 bits per heavy atom. The Bertz CT molecular complexity index is 550. The zero-order valence-electron chi connectivity index (χ0n) is 14.6. The van der Waals surface area contributed by atoms with E-state index in [1.54, 1.807) is 0 Å². The van der Waals surface area contributed by atoms with Crippen LogP contribution in [0.2, 0.25) is 0 Å². The van der Waals surface area contributed by atoms with E-state index in [-0.39, 0.29) is 18.1 Å². The summed E-state index contributed by atoms with van der Waals surface area (Å²) in [5.74, 6) is 0.842. The number of aromatic nitrogens is 2. The average molecular weight is 319 g/mol. The number of carbonyl (C=O) groups excluding carboxylic acids is 1. The molecule has 23 heavy (non-hydrogen) atoms. The van der Waals surface area contributed by atoms with Crippen molar-refractivity contribution in [3.05, 3.63) is 17.5 Å². The van der Waals surface area contributed by atoms with Crippen molar-refractivity contribution in [3.63, 3.8) is 0 Å². The van der Waals surface area contributed by atoms with Gasteiger partial charge in [-0.1, -0.05) is 0 Å². The first-order valence-corrected chi connectivity index (χ1v) is 8.97. The summed E-state index contributed by atoms with van der Waals surface area (Å²) < 4.78 is 7.84. The van der Waals surface area contributed by atoms with Crippen LogP contribution in [0.5, 0.6) is 0 Å². The number of aryl methyl sites for hydroxylation is 2. The Kier molecular flexibility index (Phi) is 5.05. The largest absolute Gasteiger partial charge is 0.368 e. The van der Waals surface area contributed by atoms with E-state index in [4.69, 9.17) is 4.74 Å². The predicted octanol–water partition coefficient (Wildman–Crippen LogP) is 2.70. The maximum atomic E-state index is 12.8. The Labute approximate surface area is 139 Å². The third-order valence-electron chi connectivity index (χ3n) is 5.02. The Hall–Kier alpha value is -1.36. The van der Waals surface area contributed by atoms with E-state index in [1.807, 2.05) is 23.4 Å². The van der Waals surface area contributed by atoms with Crippen LogP contribution in [-0.2, 0) is 16.1 Å². The van der Waals surface area contributed by atoms with Crippen LogP contribution in [0.4, 0.5) is 0 Å². The molecule has 1 amide bonds. The molecular weight excluding hydrogens is 290 g/mol. The molecule has 128 valence electrons. The van der Waals surface area contributed by atoms with Crippen molar-refractivity contribution in [2.45, 2.75) is 71.6 Å². The van der Waals surface area contributed by atoms with Gasteiger partial charge in [0.05, 0.1) is 24.9 Å². The van der Waals surface area contributed by atoms with Crippen molar-refractivity contribution in [2.75, 3.05) is 13.2 Å². The smallest absolute Gasteiger partial charge is 0.251 e. The Morgan fingerprint density at radius 2 is 2.13 bits per heavy atom. The van der Waals surface area contributed by atoms with Gasteiger partial charge in [0.15, 0.2) is 0 Å². The summed E-state index contributed by atoms with van der Waals surface area (Å²) >= 11 is 0. The SMILES string of the molecule is Cc1cc(C)n(CC2CCCCN2C(=O)C(C)OCC2CC2)n1. The van der Waals surface area contributed by atoms with Crippen LogP contribution >= 0.6 is 0 Å². The number of nitrogens with zero attached hydrogens (tertiary/aromatic N) is 3. The summed E-state index contributed by atoms with van der Waals surface area (Å²) in [6, 6.07) is 2.33. The summed E-state index contributed by atoms with van der Waals surface area (Å²) in [5.41, 5.74) is 2.20. The fraction of sp³-hybridized carbons (Fsp3) is 0.778. The number of likely N-dealkylation sites (tertiary alicyclic amines) is 1. The molecule has 1 aromatic heterocycles. The molecule has 2 aliphatic rings. The van der Waals surface area contributed by atoms with Gasteiger partial charge in [-0.2, -0.15) is 5.10 Å². The number of carbonyl (C=O) groups is 1. The van der Waals surface area contributed by atoms with E-state index < -0.39 is 0 Å². The van der Waals surface area contributed by atoms with Crippen LogP contribution in [0.1, 0.15) is 50.4 Å². The van der Waals surface area contributed by atoms with Gasteiger partial charge in [-0.25, -0.2) is 0 Å². The second-order valence-electron chi connectivity index (χ2n) is 7.21. The minimum atomic E-state index is -0.323. The van der Waals surface area contributed by atoms with Crippen molar-refractivity contribution in [1.29, 1.82) is 0 Å². The maximum Gasteiger partial charge on any atom is 0.251 e. The van der Waals surface area contributed by atoms with Gasteiger partial charge in [-0.05, 0) is 64.9 Å². The van der Waals surface area contributed by atoms with Crippen molar-refractivity contribution in [2.24, 2.45) is 5.92 Å². The van der Waals surface area contributed by atoms with Crippen LogP contribution in [0.3, 0.4) is 0 Å². The van der Waals surface area contributed by atoms with Crippen molar-refractivity contribution >= 4 is 5.91 Å². The minimum Gasteiger partial charge on any atom is -0.368 e. The lowest BCUT2D eigenvalue weighted by molar-refractivity contribution is -0.147. The van der Waals surface area contributed by atoms with Gasteiger partial charge in [-0.3, -0.25) is 9.48 Å². The lowest BCUT2D eigenvalue weighted by Gasteiger charge is -2.37. The van der Waals surface area contributed by atoms with Crippen molar-refractivity contribution in [1.82, 2.24) is 14.7 Å². The zero-order chi connectivity index (χ0) is 16.4. The number of rotatable bonds is 6. The fourth-order valence-corrected chi connectivity index (χ4v) is 3.41. The lowest BCUT2D eigenvalue weighted by Crippen LogP contribution is -2.50. The van der Waals surface area contributed by atoms with Crippen LogP contribution < -0.4 is 0 Å². The average Bonchev–Trinajstić information content (AvgIpc) is 3.30. The minimum absolute atomic E-state index is 0.150. The predicted molar refractivity (Wildman–Crippen MR) is 89.2 cm³/mol. The third-order valence-corrected chi connectivity index (χ3v) is 5.02. The molecule has 2 fully saturated rings. The standard InChI is InChI=1S/C18H29N3O2/c1-13-10-14(2)21(19-13)11-17-6-4-5-9-20(17)18(22)15(3)23-12-16-7-8-16/h10,15-17H,4-9,11-12H2,1-3H3. The number of piperidine rings is 1. The van der Waals surface area contributed by atoms with Gasteiger partial charge < -0.3 is 9.64 Å². The second-order valence-corrected chi connectivity index (χ2v) is 7.21. The van der Waals surface area contributed by atoms with Crippen LogP contribution in [0, 0.1) is 19.8 Å². The highest BCUT2D eigenvalue weighted by Gasteiger charge is 2.32. The molecule has 1 aliphatic heterocycles. The van der Waals surface area contributed by atoms with Crippen molar-refractivity contribution in [3.8, 4) is 0 Å². The first-order chi connectivity index (χ1) is 11.0. The van der Waals surface area contributed by atoms with Gasteiger partial charge in [0.25, 0.3) is 5.91 Å². The number of hydrogen-bond acceptors (Lipinski definition) is 3. The number of amides is 1. The monoisotopic (exact) mass is 319 g/mol. The summed E-state index contributed by atoms with van der Waals surface area (Å²) in [5, 5.41) is 4.56. The molecule has 1 aromatic rings. The zero-order valence-corrected chi connectivity index (χ0v) is 14.6. The van der Waals surface area contributed by atoms with E-state index in [0.29, 0.717) is 5.92 Å². The molecule has 0 bridgehead atoms. The molecule has 3 rings (SSSR count). The number of ether oxygens (including phenoxy) is 1. The van der Waals surface area contributed by atoms with Crippen molar-refractivity contribution < 1.29 is 9.53 Å². The van der Waals surface area contributed by atoms with E-state index in [2.05, 4.69) is 18.1 Å². The lowest BCUT2D eigenvalue weighted by atomic mass is 10.0. The normalized spacial score (nSPS) is 23.1. The molecule has 2 unspecified atom stereocenters. The van der Waals surface area contributed by atoms with Crippen LogP contribution in [-0.4, -0.2) is 45.9 Å². The molecule has 1 saturated heterocycles. The third kappa shape index (κ3) is 4.14. The van der Waals surface area contributed by atoms with Gasteiger partial charge >= 0.3 is 0 Å². The fourth-order valence-electron chi connectivity index (χ4n) is 3.41. The topological polar surface area (TPSA) is 47.4 Å². The molecule has 2 heterocycles. The second kappa shape index (κ2) is 7.04. The van der Waals surface area contributed by atoms with Gasteiger partial charge in [0, 0.05) is 12.2 Å². The maximum absolute atomic E-state index is 12.8. The molecule has 0 spiro atoms. The molecule has 1 aliphatic carbocycles. The molecular formula is C18H29N3O2. The molecule has 0 radical (unpaired) electrons. The number of hydrogen-bond donors (Lipinski definition) is 0. The molecule has 0 N–H and O–H groups in total. The van der Waals surface area contributed by atoms with Gasteiger partial charge in [0.1, 0.15) is 6.10 Å². The highest BCUT2D eigenvalue weighted by Crippen LogP contribution is 2.29. The Morgan fingerprint density at radius 1 is 1.35 bits per heavy atom. The van der Waals surface area contributed by atoms with Crippen LogP contribution in [0.15, 0.2) is 6.07 Å². The first-order valence-electron chi connectivity index (χ1n) is 8.97. The molecule has 2 atom stereocenters. The van der Waals surface area contributed by atoms with E-state index in [0.717, 1.165) is 38.2 Å². The quantitative estimate of drug-likeness (QED) is 0.810. The van der Waals surface area contributed by atoms with Gasteiger partial charge in [0.2, 0.25) is 0 Å². The summed E-state index contributed by atoms with van der Waals surface area (Å²) in [4.78, 5) is 14.8. The van der Waals surface area contributed by atoms with Crippen LogP contribution in [0.25, 0.3) is 0 Å². The molecule has 1 saturated carbocycles.